The molecule has 0 aliphatic carbocycles. The summed E-state index contributed by atoms with van der Waals surface area (Å²) in [6, 6.07) is 13.9. The SMILES string of the molecule is COC(=O)CCCOc1ccc2ccc(OCCCC(=O)N[C@H](C(=O)N[C@@H](CC(C)C)C(=O)N[C@@H](Cc3ccc(O)cc3)C(=O)OC)C(C)O)cc2c1. The highest BCUT2D eigenvalue weighted by molar-refractivity contribution is 5.94. The molecule has 3 aromatic rings. The van der Waals surface area contributed by atoms with E-state index in [9.17, 15) is 34.2 Å². The van der Waals surface area contributed by atoms with E-state index >= 15 is 0 Å². The maximum atomic E-state index is 13.4. The molecule has 5 N–H and O–H groups in total. The van der Waals surface area contributed by atoms with Crippen molar-refractivity contribution in [2.75, 3.05) is 27.4 Å². The quantitative estimate of drug-likeness (QED) is 0.0794. The summed E-state index contributed by atoms with van der Waals surface area (Å²) in [6.07, 6.45) is 0.126. The van der Waals surface area contributed by atoms with Gasteiger partial charge in [-0.25, -0.2) is 4.79 Å². The van der Waals surface area contributed by atoms with Crippen LogP contribution in [0, 0.1) is 5.92 Å². The topological polar surface area (TPSA) is 199 Å². The summed E-state index contributed by atoms with van der Waals surface area (Å²) >= 11 is 0. The molecule has 1 unspecified atom stereocenters. The molecule has 4 atom stereocenters. The van der Waals surface area contributed by atoms with Gasteiger partial charge in [-0.3, -0.25) is 19.2 Å². The summed E-state index contributed by atoms with van der Waals surface area (Å²) < 4.78 is 21.1. The summed E-state index contributed by atoms with van der Waals surface area (Å²) in [6.45, 7) is 5.64. The summed E-state index contributed by atoms with van der Waals surface area (Å²) in [4.78, 5) is 63.4. The number of rotatable bonds is 21. The van der Waals surface area contributed by atoms with Crippen LogP contribution in [0.15, 0.2) is 60.7 Å². The van der Waals surface area contributed by atoms with Crippen molar-refractivity contribution in [3.8, 4) is 17.2 Å². The molecule has 0 aliphatic rings. The standard InChI is InChI=1S/C39H51N3O11/c1-24(2)20-32(37(47)41-33(39(49)51-5)21-26-10-14-29(44)15-11-26)40-38(48)36(25(3)43)42-34(45)8-6-18-52-30-16-12-27-13-17-31(23-28(27)22-30)53-19-7-9-35(46)50-4/h10-17,22-25,32-33,36,43-44H,6-9,18-21H2,1-5H3,(H,40,48)(H,41,47)(H,42,45)/t25?,32-,33-,36-/m0/s1. The maximum Gasteiger partial charge on any atom is 0.328 e. The average Bonchev–Trinajstić information content (AvgIpc) is 3.13. The van der Waals surface area contributed by atoms with Gasteiger partial charge in [0, 0.05) is 19.3 Å². The number of hydrogen-bond donors (Lipinski definition) is 5. The number of esters is 2. The number of nitrogens with one attached hydrogen (secondary N) is 3. The highest BCUT2D eigenvalue weighted by Crippen LogP contribution is 2.25. The first-order chi connectivity index (χ1) is 25.3. The van der Waals surface area contributed by atoms with Gasteiger partial charge < -0.3 is 45.1 Å². The zero-order chi connectivity index (χ0) is 38.9. The Hall–Kier alpha value is -5.37. The van der Waals surface area contributed by atoms with Gasteiger partial charge in [0.1, 0.15) is 35.4 Å². The fraction of sp³-hybridized carbons (Fsp3) is 0.462. The molecule has 0 saturated carbocycles. The third kappa shape index (κ3) is 14.3. The third-order valence-electron chi connectivity index (χ3n) is 8.22. The van der Waals surface area contributed by atoms with Crippen LogP contribution in [-0.4, -0.2) is 91.5 Å². The Morgan fingerprint density at radius 3 is 1.83 bits per heavy atom. The molecule has 3 aromatic carbocycles. The monoisotopic (exact) mass is 737 g/mol. The van der Waals surface area contributed by atoms with Crippen LogP contribution in [0.5, 0.6) is 17.2 Å². The molecule has 0 bridgehead atoms. The lowest BCUT2D eigenvalue weighted by Gasteiger charge is -2.27. The smallest absolute Gasteiger partial charge is 0.328 e. The molecular formula is C39H51N3O11. The molecule has 0 fully saturated rings. The van der Waals surface area contributed by atoms with Gasteiger partial charge in [-0.15, -0.1) is 0 Å². The van der Waals surface area contributed by atoms with Crippen LogP contribution >= 0.6 is 0 Å². The molecule has 0 aliphatic heterocycles. The van der Waals surface area contributed by atoms with Crippen LogP contribution in [0.2, 0.25) is 0 Å². The normalized spacial score (nSPS) is 13.3. The van der Waals surface area contributed by atoms with Crippen molar-refractivity contribution in [2.24, 2.45) is 5.92 Å². The molecule has 0 spiro atoms. The number of aliphatic hydroxyl groups excluding tert-OH is 1. The molecule has 0 saturated heterocycles. The number of phenolic OH excluding ortho intramolecular Hbond substituents is 1. The van der Waals surface area contributed by atoms with Crippen molar-refractivity contribution >= 4 is 40.4 Å². The number of amides is 3. The molecule has 14 heteroatoms. The average molecular weight is 738 g/mol. The first-order valence-corrected chi connectivity index (χ1v) is 17.6. The Morgan fingerprint density at radius 1 is 0.698 bits per heavy atom. The number of carbonyl (C=O) groups excluding carboxylic acids is 5. The molecule has 0 heterocycles. The van der Waals surface area contributed by atoms with E-state index in [2.05, 4.69) is 20.7 Å². The van der Waals surface area contributed by atoms with Crippen LogP contribution in [0.1, 0.15) is 58.4 Å². The van der Waals surface area contributed by atoms with Gasteiger partial charge >= 0.3 is 11.9 Å². The fourth-order valence-corrected chi connectivity index (χ4v) is 5.40. The summed E-state index contributed by atoms with van der Waals surface area (Å²) in [5.41, 5.74) is 0.660. The molecule has 0 radical (unpaired) electrons. The molecule has 53 heavy (non-hydrogen) atoms. The second kappa shape index (κ2) is 21.2. The van der Waals surface area contributed by atoms with Gasteiger partial charge in [0.05, 0.1) is 33.5 Å². The van der Waals surface area contributed by atoms with E-state index in [1.54, 1.807) is 12.1 Å². The van der Waals surface area contributed by atoms with Crippen molar-refractivity contribution in [1.29, 1.82) is 0 Å². The van der Waals surface area contributed by atoms with Gasteiger partial charge in [0.15, 0.2) is 0 Å². The van der Waals surface area contributed by atoms with E-state index in [1.165, 1.54) is 33.3 Å². The Bertz CT molecular complexity index is 1680. The van der Waals surface area contributed by atoms with Crippen molar-refractivity contribution < 1.29 is 53.1 Å². The molecular weight excluding hydrogens is 686 g/mol. The lowest BCUT2D eigenvalue weighted by atomic mass is 10.0. The van der Waals surface area contributed by atoms with E-state index in [4.69, 9.17) is 14.2 Å². The van der Waals surface area contributed by atoms with Gasteiger partial charge in [-0.1, -0.05) is 38.1 Å². The van der Waals surface area contributed by atoms with Crippen molar-refractivity contribution in [3.63, 3.8) is 0 Å². The minimum Gasteiger partial charge on any atom is -0.508 e. The van der Waals surface area contributed by atoms with E-state index in [0.29, 0.717) is 36.5 Å². The number of methoxy groups -OCH3 is 2. The van der Waals surface area contributed by atoms with Crippen molar-refractivity contribution in [1.82, 2.24) is 16.0 Å². The predicted octanol–water partition coefficient (Wildman–Crippen LogP) is 3.33. The Morgan fingerprint density at radius 2 is 1.28 bits per heavy atom. The first kappa shape index (κ1) is 42.0. The lowest BCUT2D eigenvalue weighted by Crippen LogP contribution is -2.58. The Labute approximate surface area is 309 Å². The van der Waals surface area contributed by atoms with Crippen LogP contribution in [0.4, 0.5) is 0 Å². The molecule has 3 rings (SSSR count). The number of benzene rings is 3. The van der Waals surface area contributed by atoms with E-state index in [0.717, 1.165) is 10.8 Å². The number of aliphatic hydroxyl groups is 1. The van der Waals surface area contributed by atoms with Gasteiger partial charge in [0.25, 0.3) is 0 Å². The Kier molecular flexibility index (Phi) is 16.8. The van der Waals surface area contributed by atoms with Gasteiger partial charge in [-0.05, 0) is 84.8 Å². The number of fused-ring (bicyclic) bond motifs is 1. The van der Waals surface area contributed by atoms with Crippen LogP contribution in [0.25, 0.3) is 10.8 Å². The molecule has 0 aromatic heterocycles. The highest BCUT2D eigenvalue weighted by Gasteiger charge is 2.32. The van der Waals surface area contributed by atoms with Gasteiger partial charge in [0.2, 0.25) is 17.7 Å². The number of ether oxygens (including phenoxy) is 4. The minimum atomic E-state index is -1.35. The van der Waals surface area contributed by atoms with E-state index in [1.807, 2.05) is 50.2 Å². The zero-order valence-electron chi connectivity index (χ0n) is 30.9. The number of phenols is 1. The largest absolute Gasteiger partial charge is 0.508 e. The maximum absolute atomic E-state index is 13.4. The van der Waals surface area contributed by atoms with E-state index < -0.39 is 47.9 Å². The first-order valence-electron chi connectivity index (χ1n) is 17.6. The molecule has 3 amide bonds. The number of hydrogen-bond acceptors (Lipinski definition) is 11. The number of carbonyl (C=O) groups is 5. The fourth-order valence-electron chi connectivity index (χ4n) is 5.40. The van der Waals surface area contributed by atoms with Crippen molar-refractivity contribution in [3.05, 3.63) is 66.2 Å². The predicted molar refractivity (Wildman–Crippen MR) is 196 cm³/mol. The second-order valence-corrected chi connectivity index (χ2v) is 13.1. The lowest BCUT2D eigenvalue weighted by molar-refractivity contribution is -0.145. The number of aromatic hydroxyl groups is 1. The third-order valence-corrected chi connectivity index (χ3v) is 8.22. The van der Waals surface area contributed by atoms with Crippen LogP contribution in [-0.2, 0) is 39.9 Å². The molecule has 14 nitrogen and oxygen atoms in total. The minimum absolute atomic E-state index is 0.00161. The zero-order valence-corrected chi connectivity index (χ0v) is 30.9. The van der Waals surface area contributed by atoms with Crippen LogP contribution < -0.4 is 25.4 Å². The van der Waals surface area contributed by atoms with Gasteiger partial charge in [-0.2, -0.15) is 0 Å². The highest BCUT2D eigenvalue weighted by atomic mass is 16.5. The Balaban J connectivity index is 1.54. The van der Waals surface area contributed by atoms with Crippen molar-refractivity contribution in [2.45, 2.75) is 83.5 Å². The van der Waals surface area contributed by atoms with E-state index in [-0.39, 0.29) is 49.9 Å². The summed E-state index contributed by atoms with van der Waals surface area (Å²) in [7, 11) is 2.54. The second-order valence-electron chi connectivity index (χ2n) is 13.1. The molecule has 288 valence electrons. The summed E-state index contributed by atoms with van der Waals surface area (Å²) in [5, 5.41) is 29.7. The summed E-state index contributed by atoms with van der Waals surface area (Å²) in [5.74, 6) is -1.62. The van der Waals surface area contributed by atoms with Crippen LogP contribution in [0.3, 0.4) is 0 Å².